The second kappa shape index (κ2) is 9.65. The van der Waals surface area contributed by atoms with Gasteiger partial charge in [0.1, 0.15) is 24.2 Å². The lowest BCUT2D eigenvalue weighted by Gasteiger charge is -2.29. The van der Waals surface area contributed by atoms with Crippen LogP contribution < -0.4 is 16.0 Å². The summed E-state index contributed by atoms with van der Waals surface area (Å²) in [7, 11) is -3.88. The van der Waals surface area contributed by atoms with Crippen LogP contribution >= 0.6 is 7.82 Å². The molecule has 2 fully saturated rings. The first-order valence-corrected chi connectivity index (χ1v) is 11.4. The zero-order chi connectivity index (χ0) is 22.7. The minimum atomic E-state index is -3.88. The maximum atomic E-state index is 13.6. The predicted octanol–water partition coefficient (Wildman–Crippen LogP) is 2.08. The normalized spacial score (nSPS) is 27.2. The Balaban J connectivity index is 1.34. The fourth-order valence-corrected chi connectivity index (χ4v) is 4.65. The molecule has 174 valence electrons. The Hall–Kier alpha value is -2.34. The number of nitrogens with one attached hydrogen (secondary N) is 1. The van der Waals surface area contributed by atoms with Gasteiger partial charge in [-0.1, -0.05) is 12.1 Å². The Kier molecular flexibility index (Phi) is 6.89. The van der Waals surface area contributed by atoms with Crippen LogP contribution in [0.25, 0.3) is 0 Å². The molecule has 4 rings (SSSR count). The maximum Gasteiger partial charge on any atom is 0.475 e. The van der Waals surface area contributed by atoms with Crippen molar-refractivity contribution in [3.63, 3.8) is 0 Å². The van der Waals surface area contributed by atoms with Crippen molar-refractivity contribution in [2.24, 2.45) is 0 Å². The Morgan fingerprint density at radius 3 is 2.78 bits per heavy atom. The topological polar surface area (TPSA) is 127 Å². The molecule has 0 bridgehead atoms. The van der Waals surface area contributed by atoms with Crippen LogP contribution in [-0.4, -0.2) is 41.8 Å². The molecule has 13 heteroatoms. The molecule has 2 saturated heterocycles. The van der Waals surface area contributed by atoms with E-state index >= 15 is 0 Å². The average molecular weight is 472 g/mol. The molecule has 0 spiro atoms. The summed E-state index contributed by atoms with van der Waals surface area (Å²) < 4.78 is 59.7. The van der Waals surface area contributed by atoms with Crippen LogP contribution in [0.5, 0.6) is 5.75 Å². The summed E-state index contributed by atoms with van der Waals surface area (Å²) in [6.07, 6.45) is -1.38. The molecule has 1 unspecified atom stereocenters. The van der Waals surface area contributed by atoms with E-state index in [1.807, 2.05) is 11.9 Å². The molecule has 2 aliphatic heterocycles. The third kappa shape index (κ3) is 5.17. The standard InChI is InChI=1S/C19H22FN2O9P/c1-2-26-11-27-13-5-3-12(4-6-13)9-28-32(25)29-10-16-15(31-32)7-17(30-16)22-8-14(20)18(23)21-19(22)24/h3-6,8,15-17H,2,7,9-11H2,1H3,(H,21,23,24)/t15-,16+,17+,32?/m0/s1. The van der Waals surface area contributed by atoms with Gasteiger partial charge in [0.05, 0.1) is 19.4 Å². The highest BCUT2D eigenvalue weighted by Crippen LogP contribution is 2.57. The number of aromatic nitrogens is 2. The number of phosphoric acid groups is 1. The molecule has 11 nitrogen and oxygen atoms in total. The summed E-state index contributed by atoms with van der Waals surface area (Å²) in [5, 5.41) is 0. The highest BCUT2D eigenvalue weighted by atomic mass is 31.2. The summed E-state index contributed by atoms with van der Waals surface area (Å²) in [6.45, 7) is 2.43. The van der Waals surface area contributed by atoms with Crippen LogP contribution in [0.4, 0.5) is 4.39 Å². The summed E-state index contributed by atoms with van der Waals surface area (Å²) in [5.74, 6) is -0.506. The van der Waals surface area contributed by atoms with Crippen molar-refractivity contribution in [2.75, 3.05) is 20.0 Å². The van der Waals surface area contributed by atoms with Gasteiger partial charge in [-0.2, -0.15) is 4.39 Å². The van der Waals surface area contributed by atoms with E-state index in [0.29, 0.717) is 17.9 Å². The Labute approximate surface area is 181 Å². The van der Waals surface area contributed by atoms with Crippen LogP contribution in [0, 0.1) is 5.82 Å². The monoisotopic (exact) mass is 472 g/mol. The number of hydrogen-bond acceptors (Lipinski definition) is 9. The molecule has 1 N–H and O–H groups in total. The summed E-state index contributed by atoms with van der Waals surface area (Å²) in [6, 6.07) is 6.93. The van der Waals surface area contributed by atoms with E-state index in [2.05, 4.69) is 0 Å². The Morgan fingerprint density at radius 1 is 1.25 bits per heavy atom. The van der Waals surface area contributed by atoms with Gasteiger partial charge in [0, 0.05) is 13.0 Å². The molecule has 1 aromatic heterocycles. The lowest BCUT2D eigenvalue weighted by Crippen LogP contribution is -2.34. The molecule has 0 saturated carbocycles. The van der Waals surface area contributed by atoms with Gasteiger partial charge in [0.2, 0.25) is 5.82 Å². The number of nitrogens with zero attached hydrogens (tertiary/aromatic N) is 1. The van der Waals surface area contributed by atoms with Crippen LogP contribution in [0.15, 0.2) is 40.1 Å². The molecule has 1 aromatic carbocycles. The maximum absolute atomic E-state index is 13.6. The number of hydrogen-bond donors (Lipinski definition) is 1. The van der Waals surface area contributed by atoms with E-state index in [0.717, 1.165) is 10.8 Å². The van der Waals surface area contributed by atoms with E-state index in [1.165, 1.54) is 0 Å². The highest BCUT2D eigenvalue weighted by Gasteiger charge is 2.48. The van der Waals surface area contributed by atoms with Gasteiger partial charge in [0.15, 0.2) is 6.79 Å². The first-order chi connectivity index (χ1) is 15.4. The highest BCUT2D eigenvalue weighted by molar-refractivity contribution is 7.48. The lowest BCUT2D eigenvalue weighted by molar-refractivity contribution is -0.0731. The van der Waals surface area contributed by atoms with Crippen molar-refractivity contribution in [1.29, 1.82) is 0 Å². The Bertz CT molecular complexity index is 1100. The van der Waals surface area contributed by atoms with Crippen LogP contribution in [0.3, 0.4) is 0 Å². The minimum absolute atomic E-state index is 0.0325. The smallest absolute Gasteiger partial charge is 0.468 e. The number of benzene rings is 1. The number of ether oxygens (including phenoxy) is 3. The Morgan fingerprint density at radius 2 is 2.03 bits per heavy atom. The van der Waals surface area contributed by atoms with Crippen molar-refractivity contribution in [3.05, 3.63) is 62.7 Å². The molecule has 2 aromatic rings. The van der Waals surface area contributed by atoms with Gasteiger partial charge in [-0.05, 0) is 24.6 Å². The quantitative estimate of drug-likeness (QED) is 0.349. The van der Waals surface area contributed by atoms with Gasteiger partial charge in [-0.15, -0.1) is 0 Å². The average Bonchev–Trinajstić information content (AvgIpc) is 3.18. The van der Waals surface area contributed by atoms with E-state index in [4.69, 9.17) is 27.8 Å². The van der Waals surface area contributed by atoms with Gasteiger partial charge >= 0.3 is 13.5 Å². The number of fused-ring (bicyclic) bond motifs is 1. The van der Waals surface area contributed by atoms with E-state index in [-0.39, 0.29) is 26.4 Å². The second-order valence-corrected chi connectivity index (χ2v) is 8.69. The largest absolute Gasteiger partial charge is 0.475 e. The summed E-state index contributed by atoms with van der Waals surface area (Å²) in [4.78, 5) is 25.0. The van der Waals surface area contributed by atoms with Gasteiger partial charge < -0.3 is 14.2 Å². The van der Waals surface area contributed by atoms with Crippen molar-refractivity contribution in [2.45, 2.75) is 38.4 Å². The van der Waals surface area contributed by atoms with Gasteiger partial charge in [-0.3, -0.25) is 27.9 Å². The zero-order valence-corrected chi connectivity index (χ0v) is 18.0. The van der Waals surface area contributed by atoms with E-state index in [9.17, 15) is 18.5 Å². The number of halogens is 1. The minimum Gasteiger partial charge on any atom is -0.468 e. The van der Waals surface area contributed by atoms with Crippen molar-refractivity contribution in [1.82, 2.24) is 9.55 Å². The molecule has 0 radical (unpaired) electrons. The van der Waals surface area contributed by atoms with Crippen LogP contribution in [-0.2, 0) is 34.2 Å². The number of rotatable bonds is 8. The molecular weight excluding hydrogens is 450 g/mol. The zero-order valence-electron chi connectivity index (χ0n) is 17.1. The second-order valence-electron chi connectivity index (χ2n) is 7.07. The molecule has 2 aliphatic rings. The third-order valence-electron chi connectivity index (χ3n) is 4.90. The third-order valence-corrected chi connectivity index (χ3v) is 6.34. The van der Waals surface area contributed by atoms with Crippen molar-refractivity contribution < 1.29 is 36.7 Å². The predicted molar refractivity (Wildman–Crippen MR) is 107 cm³/mol. The van der Waals surface area contributed by atoms with Gasteiger partial charge in [0.25, 0.3) is 5.56 Å². The molecule has 4 atom stereocenters. The first kappa shape index (κ1) is 22.8. The summed E-state index contributed by atoms with van der Waals surface area (Å²) >= 11 is 0. The van der Waals surface area contributed by atoms with Crippen molar-refractivity contribution >= 4 is 7.82 Å². The molecule has 0 amide bonds. The molecule has 32 heavy (non-hydrogen) atoms. The van der Waals surface area contributed by atoms with Gasteiger partial charge in [-0.25, -0.2) is 9.36 Å². The van der Waals surface area contributed by atoms with E-state index in [1.54, 1.807) is 24.3 Å². The van der Waals surface area contributed by atoms with Crippen LogP contribution in [0.2, 0.25) is 0 Å². The fourth-order valence-electron chi connectivity index (χ4n) is 3.26. The number of aromatic amines is 1. The molecule has 3 heterocycles. The molecule has 0 aliphatic carbocycles. The first-order valence-electron chi connectivity index (χ1n) is 9.90. The SMILES string of the molecule is CCOCOc1ccc(COP2(=O)OC[C@H]3O[C@@H](n4cc(F)c(=O)[nH]c4=O)C[C@@H]3O2)cc1. The van der Waals surface area contributed by atoms with Crippen LogP contribution in [0.1, 0.15) is 25.1 Å². The van der Waals surface area contributed by atoms with Crippen molar-refractivity contribution in [3.8, 4) is 5.75 Å². The van der Waals surface area contributed by atoms with E-state index < -0.39 is 43.3 Å². The lowest BCUT2D eigenvalue weighted by atomic mass is 10.2. The fraction of sp³-hybridized carbons (Fsp3) is 0.474. The number of H-pyrrole nitrogens is 1. The number of phosphoric ester groups is 1. The summed E-state index contributed by atoms with van der Waals surface area (Å²) in [5.41, 5.74) is -1.23. The molecular formula is C19H22FN2O9P.